The number of para-hydroxylation sites is 2. The lowest BCUT2D eigenvalue weighted by Gasteiger charge is -2.14. The number of carbonyl (C=O) groups excluding carboxylic acids is 1. The third-order valence-corrected chi connectivity index (χ3v) is 2.58. The van der Waals surface area contributed by atoms with Gasteiger partial charge in [0.1, 0.15) is 11.5 Å². The normalized spacial score (nSPS) is 10.6. The number of hydrogen-bond donors (Lipinski definition) is 2. The number of amides is 1. The molecule has 1 aromatic heterocycles. The Balaban J connectivity index is 2.15. The third kappa shape index (κ3) is 3.39. The average molecular weight is 274 g/mol. The van der Waals surface area contributed by atoms with E-state index in [-0.39, 0.29) is 24.3 Å². The Kier molecular flexibility index (Phi) is 4.42. The van der Waals surface area contributed by atoms with E-state index >= 15 is 0 Å². The molecule has 0 saturated heterocycles. The number of anilines is 1. The summed E-state index contributed by atoms with van der Waals surface area (Å²) in [7, 11) is 0. The van der Waals surface area contributed by atoms with E-state index in [0.717, 1.165) is 0 Å². The van der Waals surface area contributed by atoms with Crippen LogP contribution < -0.4 is 15.8 Å². The van der Waals surface area contributed by atoms with Gasteiger partial charge in [-0.3, -0.25) is 4.79 Å². The zero-order chi connectivity index (χ0) is 14.5. The molecular formula is C15H18N2O3. The van der Waals surface area contributed by atoms with Crippen LogP contribution in [0.4, 0.5) is 5.69 Å². The quantitative estimate of drug-likeness (QED) is 0.878. The first kappa shape index (κ1) is 14.1. The molecule has 5 nitrogen and oxygen atoms in total. The SMILES string of the molecule is CC(C)Oc1ccccc1NC(=O)c1ccc(CN)o1. The number of benzene rings is 1. The van der Waals surface area contributed by atoms with E-state index in [4.69, 9.17) is 14.9 Å². The molecule has 2 rings (SSSR count). The number of ether oxygens (including phenoxy) is 1. The van der Waals surface area contributed by atoms with Gasteiger partial charge in [0.15, 0.2) is 5.76 Å². The van der Waals surface area contributed by atoms with Crippen molar-refractivity contribution in [1.29, 1.82) is 0 Å². The second-order valence-corrected chi connectivity index (χ2v) is 4.59. The number of furan rings is 1. The van der Waals surface area contributed by atoms with E-state index in [1.807, 2.05) is 32.0 Å². The molecule has 20 heavy (non-hydrogen) atoms. The Hall–Kier alpha value is -2.27. The second-order valence-electron chi connectivity index (χ2n) is 4.59. The Morgan fingerprint density at radius 2 is 2.05 bits per heavy atom. The number of nitrogens with one attached hydrogen (secondary N) is 1. The van der Waals surface area contributed by atoms with Gasteiger partial charge in [0, 0.05) is 0 Å². The maximum absolute atomic E-state index is 12.1. The van der Waals surface area contributed by atoms with Gasteiger partial charge < -0.3 is 20.2 Å². The van der Waals surface area contributed by atoms with Crippen molar-refractivity contribution in [3.05, 3.63) is 47.9 Å². The van der Waals surface area contributed by atoms with Crippen LogP contribution in [0.15, 0.2) is 40.8 Å². The Bertz CT molecular complexity index is 590. The first-order valence-electron chi connectivity index (χ1n) is 6.46. The van der Waals surface area contributed by atoms with Gasteiger partial charge in [0.25, 0.3) is 5.91 Å². The minimum atomic E-state index is -0.329. The second kappa shape index (κ2) is 6.25. The van der Waals surface area contributed by atoms with E-state index in [0.29, 0.717) is 17.2 Å². The largest absolute Gasteiger partial charge is 0.489 e. The molecule has 1 amide bonds. The molecule has 1 heterocycles. The van der Waals surface area contributed by atoms with Gasteiger partial charge in [-0.2, -0.15) is 0 Å². The molecule has 0 bridgehead atoms. The summed E-state index contributed by atoms with van der Waals surface area (Å²) < 4.78 is 11.0. The molecule has 1 aromatic carbocycles. The third-order valence-electron chi connectivity index (χ3n) is 2.58. The molecule has 2 aromatic rings. The molecule has 0 aliphatic rings. The number of nitrogens with two attached hydrogens (primary N) is 1. The van der Waals surface area contributed by atoms with Crippen LogP contribution in [-0.4, -0.2) is 12.0 Å². The molecule has 106 valence electrons. The van der Waals surface area contributed by atoms with E-state index in [1.54, 1.807) is 18.2 Å². The predicted octanol–water partition coefficient (Wildman–Crippen LogP) is 2.78. The summed E-state index contributed by atoms with van der Waals surface area (Å²) in [4.78, 5) is 12.1. The molecule has 0 aliphatic heterocycles. The lowest BCUT2D eigenvalue weighted by atomic mass is 10.2. The Morgan fingerprint density at radius 1 is 1.30 bits per heavy atom. The standard InChI is InChI=1S/C15H18N2O3/c1-10(2)19-13-6-4-3-5-12(13)17-15(18)14-8-7-11(9-16)20-14/h3-8,10H,9,16H2,1-2H3,(H,17,18). The lowest BCUT2D eigenvalue weighted by molar-refractivity contribution is 0.0994. The van der Waals surface area contributed by atoms with Gasteiger partial charge in [-0.25, -0.2) is 0 Å². The van der Waals surface area contributed by atoms with Crippen LogP contribution in [-0.2, 0) is 6.54 Å². The van der Waals surface area contributed by atoms with Gasteiger partial charge in [0.05, 0.1) is 18.3 Å². The van der Waals surface area contributed by atoms with Crippen molar-refractivity contribution in [1.82, 2.24) is 0 Å². The van der Waals surface area contributed by atoms with Crippen LogP contribution in [0.2, 0.25) is 0 Å². The molecule has 3 N–H and O–H groups in total. The molecule has 0 aliphatic carbocycles. The average Bonchev–Trinajstić information content (AvgIpc) is 2.89. The van der Waals surface area contributed by atoms with Crippen molar-refractivity contribution in [3.8, 4) is 5.75 Å². The van der Waals surface area contributed by atoms with Crippen molar-refractivity contribution in [3.63, 3.8) is 0 Å². The highest BCUT2D eigenvalue weighted by Gasteiger charge is 2.13. The number of rotatable bonds is 5. The molecular weight excluding hydrogens is 256 g/mol. The van der Waals surface area contributed by atoms with Crippen molar-refractivity contribution in [2.24, 2.45) is 5.73 Å². The van der Waals surface area contributed by atoms with Crippen LogP contribution in [0.5, 0.6) is 5.75 Å². The number of carbonyl (C=O) groups is 1. The molecule has 5 heteroatoms. The molecule has 0 saturated carbocycles. The van der Waals surface area contributed by atoms with Crippen LogP contribution >= 0.6 is 0 Å². The highest BCUT2D eigenvalue weighted by molar-refractivity contribution is 6.03. The zero-order valence-electron chi connectivity index (χ0n) is 11.6. The summed E-state index contributed by atoms with van der Waals surface area (Å²) in [6, 6.07) is 10.6. The van der Waals surface area contributed by atoms with Crippen molar-refractivity contribution in [2.75, 3.05) is 5.32 Å². The molecule has 0 fully saturated rings. The molecule has 0 unspecified atom stereocenters. The number of hydrogen-bond acceptors (Lipinski definition) is 4. The summed E-state index contributed by atoms with van der Waals surface area (Å²) in [5, 5.41) is 2.77. The fraction of sp³-hybridized carbons (Fsp3) is 0.267. The van der Waals surface area contributed by atoms with Crippen LogP contribution in [0.1, 0.15) is 30.2 Å². The van der Waals surface area contributed by atoms with E-state index in [2.05, 4.69) is 5.32 Å². The maximum Gasteiger partial charge on any atom is 0.291 e. The van der Waals surface area contributed by atoms with E-state index < -0.39 is 0 Å². The van der Waals surface area contributed by atoms with Crippen molar-refractivity contribution >= 4 is 11.6 Å². The fourth-order valence-electron chi connectivity index (χ4n) is 1.72. The summed E-state index contributed by atoms with van der Waals surface area (Å²) in [5.41, 5.74) is 6.06. The predicted molar refractivity (Wildman–Crippen MR) is 76.8 cm³/mol. The van der Waals surface area contributed by atoms with Gasteiger partial charge >= 0.3 is 0 Å². The maximum atomic E-state index is 12.1. The van der Waals surface area contributed by atoms with Crippen molar-refractivity contribution < 1.29 is 13.9 Å². The van der Waals surface area contributed by atoms with Gasteiger partial charge in [-0.1, -0.05) is 12.1 Å². The fourth-order valence-corrected chi connectivity index (χ4v) is 1.72. The summed E-state index contributed by atoms with van der Waals surface area (Å²) in [6.45, 7) is 4.12. The molecule has 0 atom stereocenters. The molecule has 0 spiro atoms. The van der Waals surface area contributed by atoms with E-state index in [1.165, 1.54) is 0 Å². The summed E-state index contributed by atoms with van der Waals surface area (Å²) in [5.74, 6) is 1.10. The van der Waals surface area contributed by atoms with Crippen LogP contribution in [0.3, 0.4) is 0 Å². The minimum Gasteiger partial charge on any atom is -0.489 e. The van der Waals surface area contributed by atoms with Gasteiger partial charge in [-0.05, 0) is 38.1 Å². The van der Waals surface area contributed by atoms with E-state index in [9.17, 15) is 4.79 Å². The highest BCUT2D eigenvalue weighted by atomic mass is 16.5. The topological polar surface area (TPSA) is 77.5 Å². The van der Waals surface area contributed by atoms with Crippen LogP contribution in [0.25, 0.3) is 0 Å². The van der Waals surface area contributed by atoms with Gasteiger partial charge in [-0.15, -0.1) is 0 Å². The Labute approximate surface area is 117 Å². The van der Waals surface area contributed by atoms with Crippen LogP contribution in [0, 0.1) is 0 Å². The summed E-state index contributed by atoms with van der Waals surface area (Å²) in [6.07, 6.45) is 0.0282. The minimum absolute atomic E-state index is 0.0282. The first-order valence-corrected chi connectivity index (χ1v) is 6.46. The molecule has 0 radical (unpaired) electrons. The Morgan fingerprint density at radius 3 is 2.70 bits per heavy atom. The zero-order valence-corrected chi connectivity index (χ0v) is 11.6. The first-order chi connectivity index (χ1) is 9.60. The monoisotopic (exact) mass is 274 g/mol. The van der Waals surface area contributed by atoms with Crippen molar-refractivity contribution in [2.45, 2.75) is 26.5 Å². The smallest absolute Gasteiger partial charge is 0.291 e. The lowest BCUT2D eigenvalue weighted by Crippen LogP contribution is -2.14. The van der Waals surface area contributed by atoms with Gasteiger partial charge in [0.2, 0.25) is 0 Å². The highest BCUT2D eigenvalue weighted by Crippen LogP contribution is 2.25. The summed E-state index contributed by atoms with van der Waals surface area (Å²) >= 11 is 0.